The molecule has 1 nitrogen and oxygen atoms in total. The van der Waals surface area contributed by atoms with E-state index in [4.69, 9.17) is 5.73 Å². The molecular formula is C28H49N. The first-order chi connectivity index (χ1) is 14.1. The molecule has 5 aliphatic rings. The smallest absolute Gasteiger partial charge is 0.00672 e. The second-order valence-electron chi connectivity index (χ2n) is 12.7. The maximum Gasteiger partial charge on any atom is 0.00672 e. The molecule has 0 radical (unpaired) electrons. The van der Waals surface area contributed by atoms with E-state index >= 15 is 0 Å². The lowest BCUT2D eigenvalue weighted by Gasteiger charge is -2.55. The van der Waals surface area contributed by atoms with Gasteiger partial charge in [-0.25, -0.2) is 0 Å². The zero-order valence-electron chi connectivity index (χ0n) is 19.5. The molecule has 2 N–H and O–H groups in total. The summed E-state index contributed by atoms with van der Waals surface area (Å²) in [4.78, 5) is 0. The number of rotatable bonds is 2. The molecule has 29 heavy (non-hydrogen) atoms. The molecule has 166 valence electrons. The van der Waals surface area contributed by atoms with Gasteiger partial charge in [0.15, 0.2) is 0 Å². The van der Waals surface area contributed by atoms with E-state index in [1.54, 1.807) is 70.6 Å². The Labute approximate surface area is 181 Å². The number of hydrogen-bond donors (Lipinski definition) is 1. The van der Waals surface area contributed by atoms with Gasteiger partial charge in [-0.2, -0.15) is 0 Å². The summed E-state index contributed by atoms with van der Waals surface area (Å²) in [6.07, 6.45) is 23.1. The molecule has 5 rings (SSSR count). The Morgan fingerprint density at radius 1 is 0.483 bits per heavy atom. The molecule has 0 heterocycles. The molecule has 0 amide bonds. The molecule has 8 unspecified atom stereocenters. The van der Waals surface area contributed by atoms with E-state index in [2.05, 4.69) is 13.8 Å². The van der Waals surface area contributed by atoms with Crippen LogP contribution in [0.1, 0.15) is 110 Å². The molecule has 5 aliphatic carbocycles. The van der Waals surface area contributed by atoms with Gasteiger partial charge in [-0.15, -0.1) is 0 Å². The quantitative estimate of drug-likeness (QED) is 0.513. The van der Waals surface area contributed by atoms with Crippen molar-refractivity contribution < 1.29 is 0 Å². The van der Waals surface area contributed by atoms with Gasteiger partial charge in [-0.3, -0.25) is 0 Å². The maximum absolute atomic E-state index is 6.40. The summed E-state index contributed by atoms with van der Waals surface area (Å²) in [5, 5.41) is 0. The predicted molar refractivity (Wildman–Crippen MR) is 123 cm³/mol. The van der Waals surface area contributed by atoms with Gasteiger partial charge >= 0.3 is 0 Å². The molecule has 1 heteroatoms. The van der Waals surface area contributed by atoms with Gasteiger partial charge < -0.3 is 5.73 Å². The highest BCUT2D eigenvalue weighted by molar-refractivity contribution is 4.99. The fourth-order valence-electron chi connectivity index (χ4n) is 9.76. The van der Waals surface area contributed by atoms with Crippen molar-refractivity contribution in [1.82, 2.24) is 0 Å². The molecule has 0 aromatic carbocycles. The SMILES string of the molecule is CC1CC(C2CCC(C3C4CCCCC4CC4CCCCC43)CC2)C(C)CC1N. The average Bonchev–Trinajstić information content (AvgIpc) is 2.75. The summed E-state index contributed by atoms with van der Waals surface area (Å²) in [7, 11) is 0. The van der Waals surface area contributed by atoms with Gasteiger partial charge in [0.05, 0.1) is 0 Å². The monoisotopic (exact) mass is 399 g/mol. The molecule has 0 aromatic heterocycles. The van der Waals surface area contributed by atoms with Crippen LogP contribution >= 0.6 is 0 Å². The van der Waals surface area contributed by atoms with Crippen molar-refractivity contribution in [3.05, 3.63) is 0 Å². The minimum absolute atomic E-state index is 0.464. The van der Waals surface area contributed by atoms with Gasteiger partial charge in [0.2, 0.25) is 0 Å². The van der Waals surface area contributed by atoms with Gasteiger partial charge in [-0.1, -0.05) is 52.4 Å². The fourth-order valence-corrected chi connectivity index (χ4v) is 9.76. The zero-order chi connectivity index (χ0) is 20.0. The molecule has 5 fully saturated rings. The summed E-state index contributed by atoms with van der Waals surface area (Å²) in [6, 6.07) is 0.464. The van der Waals surface area contributed by atoms with E-state index < -0.39 is 0 Å². The number of hydrogen-bond acceptors (Lipinski definition) is 1. The summed E-state index contributed by atoms with van der Waals surface area (Å²) in [5.74, 6) is 10.3. The van der Waals surface area contributed by atoms with Crippen LogP contribution in [0.25, 0.3) is 0 Å². The highest BCUT2D eigenvalue weighted by atomic mass is 14.7. The van der Waals surface area contributed by atoms with Crippen molar-refractivity contribution in [3.8, 4) is 0 Å². The lowest BCUT2D eigenvalue weighted by molar-refractivity contribution is -0.0550. The standard InChI is InChI=1S/C28H49N/c1-18-16-27(29)19(2)15-26(18)20-11-13-21(14-12-20)28-24-9-5-3-7-22(24)17-23-8-4-6-10-25(23)28/h18-28H,3-17,29H2,1-2H3. The van der Waals surface area contributed by atoms with Crippen LogP contribution in [-0.2, 0) is 0 Å². The molecule has 5 saturated carbocycles. The third-order valence-corrected chi connectivity index (χ3v) is 11.2. The first-order valence-electron chi connectivity index (χ1n) is 13.9. The largest absolute Gasteiger partial charge is 0.327 e. The van der Waals surface area contributed by atoms with Crippen molar-refractivity contribution in [3.63, 3.8) is 0 Å². The third kappa shape index (κ3) is 4.08. The maximum atomic E-state index is 6.40. The van der Waals surface area contributed by atoms with Crippen molar-refractivity contribution in [2.24, 2.45) is 64.9 Å². The third-order valence-electron chi connectivity index (χ3n) is 11.2. The molecule has 0 aliphatic heterocycles. The summed E-state index contributed by atoms with van der Waals surface area (Å²) in [5.41, 5.74) is 6.40. The Morgan fingerprint density at radius 2 is 1.03 bits per heavy atom. The van der Waals surface area contributed by atoms with Crippen LogP contribution in [0, 0.1) is 59.2 Å². The van der Waals surface area contributed by atoms with Crippen LogP contribution in [0.2, 0.25) is 0 Å². The average molecular weight is 400 g/mol. The van der Waals surface area contributed by atoms with Crippen LogP contribution in [0.3, 0.4) is 0 Å². The lowest BCUT2D eigenvalue weighted by Crippen LogP contribution is -2.47. The highest BCUT2D eigenvalue weighted by Gasteiger charge is 2.49. The van der Waals surface area contributed by atoms with Crippen LogP contribution in [-0.4, -0.2) is 6.04 Å². The number of nitrogens with two attached hydrogens (primary N) is 1. The van der Waals surface area contributed by atoms with E-state index in [0.29, 0.717) is 6.04 Å². The lowest BCUT2D eigenvalue weighted by atomic mass is 9.50. The Kier molecular flexibility index (Phi) is 6.35. The van der Waals surface area contributed by atoms with Gasteiger partial charge in [-0.05, 0) is 117 Å². The van der Waals surface area contributed by atoms with Crippen molar-refractivity contribution in [2.45, 2.75) is 116 Å². The zero-order valence-corrected chi connectivity index (χ0v) is 19.5. The summed E-state index contributed by atoms with van der Waals surface area (Å²) in [6.45, 7) is 4.94. The molecule has 8 atom stereocenters. The fraction of sp³-hybridized carbons (Fsp3) is 1.00. The molecule has 0 aromatic rings. The first-order valence-corrected chi connectivity index (χ1v) is 13.9. The number of fused-ring (bicyclic) bond motifs is 2. The van der Waals surface area contributed by atoms with E-state index in [1.165, 1.54) is 25.7 Å². The van der Waals surface area contributed by atoms with Crippen LogP contribution in [0.5, 0.6) is 0 Å². The van der Waals surface area contributed by atoms with Crippen LogP contribution in [0.15, 0.2) is 0 Å². The summed E-state index contributed by atoms with van der Waals surface area (Å²) < 4.78 is 0. The van der Waals surface area contributed by atoms with Gasteiger partial charge in [0, 0.05) is 6.04 Å². The molecule has 0 spiro atoms. The summed E-state index contributed by atoms with van der Waals surface area (Å²) >= 11 is 0. The van der Waals surface area contributed by atoms with Gasteiger partial charge in [0.25, 0.3) is 0 Å². The Bertz CT molecular complexity index is 512. The minimum Gasteiger partial charge on any atom is -0.327 e. The predicted octanol–water partition coefficient (Wildman–Crippen LogP) is 7.44. The Hall–Kier alpha value is -0.0400. The van der Waals surface area contributed by atoms with E-state index in [0.717, 1.165) is 59.2 Å². The molecular weight excluding hydrogens is 350 g/mol. The van der Waals surface area contributed by atoms with E-state index in [9.17, 15) is 0 Å². The van der Waals surface area contributed by atoms with Crippen molar-refractivity contribution in [2.75, 3.05) is 0 Å². The van der Waals surface area contributed by atoms with Gasteiger partial charge in [0.1, 0.15) is 0 Å². The van der Waals surface area contributed by atoms with E-state index in [1.807, 2.05) is 0 Å². The molecule has 0 saturated heterocycles. The topological polar surface area (TPSA) is 26.0 Å². The first kappa shape index (κ1) is 20.8. The Balaban J connectivity index is 1.26. The van der Waals surface area contributed by atoms with Crippen molar-refractivity contribution in [1.29, 1.82) is 0 Å². The van der Waals surface area contributed by atoms with E-state index in [-0.39, 0.29) is 0 Å². The normalized spacial score (nSPS) is 53.7. The minimum atomic E-state index is 0.464. The second kappa shape index (κ2) is 8.84. The van der Waals surface area contributed by atoms with Crippen LogP contribution < -0.4 is 5.73 Å². The van der Waals surface area contributed by atoms with Crippen molar-refractivity contribution >= 4 is 0 Å². The second-order valence-corrected chi connectivity index (χ2v) is 12.7. The highest BCUT2D eigenvalue weighted by Crippen LogP contribution is 2.58. The Morgan fingerprint density at radius 3 is 1.66 bits per heavy atom. The van der Waals surface area contributed by atoms with Crippen LogP contribution in [0.4, 0.5) is 0 Å². The molecule has 0 bridgehead atoms.